The third-order valence-corrected chi connectivity index (χ3v) is 5.00. The minimum absolute atomic E-state index is 0.474. The van der Waals surface area contributed by atoms with E-state index < -0.39 is 0 Å². The van der Waals surface area contributed by atoms with E-state index in [-0.39, 0.29) is 0 Å². The SMILES string of the molecule is COc1ccc(/C=N\N(Cc2ccccc2)c2ccccc2)cc1OCc1ccccc1. The van der Waals surface area contributed by atoms with E-state index in [1.165, 1.54) is 5.56 Å². The minimum Gasteiger partial charge on any atom is -0.493 e. The van der Waals surface area contributed by atoms with Crippen LogP contribution in [0.25, 0.3) is 0 Å². The van der Waals surface area contributed by atoms with Gasteiger partial charge in [-0.2, -0.15) is 5.10 Å². The normalized spacial score (nSPS) is 10.8. The van der Waals surface area contributed by atoms with Crippen LogP contribution < -0.4 is 14.5 Å². The fourth-order valence-electron chi connectivity index (χ4n) is 3.31. The second-order valence-corrected chi connectivity index (χ2v) is 7.31. The Morgan fingerprint density at radius 1 is 0.719 bits per heavy atom. The van der Waals surface area contributed by atoms with Gasteiger partial charge in [-0.05, 0) is 47.0 Å². The Kier molecular flexibility index (Phi) is 7.17. The Morgan fingerprint density at radius 2 is 1.34 bits per heavy atom. The first-order valence-electron chi connectivity index (χ1n) is 10.6. The number of hydrazone groups is 1. The predicted molar refractivity (Wildman–Crippen MR) is 130 cm³/mol. The van der Waals surface area contributed by atoms with Gasteiger partial charge in [0.15, 0.2) is 11.5 Å². The molecule has 0 spiro atoms. The van der Waals surface area contributed by atoms with E-state index in [0.29, 0.717) is 24.7 Å². The lowest BCUT2D eigenvalue weighted by Gasteiger charge is -2.19. The topological polar surface area (TPSA) is 34.1 Å². The fraction of sp³-hybridized carbons (Fsp3) is 0.107. The molecule has 0 unspecified atom stereocenters. The second kappa shape index (κ2) is 10.8. The number of anilines is 1. The molecular weight excluding hydrogens is 396 g/mol. The van der Waals surface area contributed by atoms with E-state index >= 15 is 0 Å². The van der Waals surface area contributed by atoms with Crippen molar-refractivity contribution in [2.75, 3.05) is 12.1 Å². The highest BCUT2D eigenvalue weighted by atomic mass is 16.5. The maximum Gasteiger partial charge on any atom is 0.162 e. The van der Waals surface area contributed by atoms with E-state index in [2.05, 4.69) is 24.3 Å². The van der Waals surface area contributed by atoms with Gasteiger partial charge in [0, 0.05) is 0 Å². The van der Waals surface area contributed by atoms with Crippen LogP contribution in [0, 0.1) is 0 Å². The lowest BCUT2D eigenvalue weighted by molar-refractivity contribution is 0.284. The average Bonchev–Trinajstić information content (AvgIpc) is 2.87. The first-order valence-corrected chi connectivity index (χ1v) is 10.6. The summed E-state index contributed by atoms with van der Waals surface area (Å²) >= 11 is 0. The van der Waals surface area contributed by atoms with Crippen molar-refractivity contribution in [2.24, 2.45) is 5.10 Å². The van der Waals surface area contributed by atoms with Crippen LogP contribution in [-0.2, 0) is 13.2 Å². The standard InChI is InChI=1S/C28H26N2O2/c1-31-27-18-17-25(19-28(27)32-22-24-13-7-3-8-14-24)20-29-30(26-15-9-4-10-16-26)21-23-11-5-2-6-12-23/h2-20H,21-22H2,1H3/b29-20-. The third kappa shape index (κ3) is 5.76. The van der Waals surface area contributed by atoms with Crippen LogP contribution in [0.3, 0.4) is 0 Å². The second-order valence-electron chi connectivity index (χ2n) is 7.31. The molecule has 4 nitrogen and oxygen atoms in total. The number of benzene rings is 4. The van der Waals surface area contributed by atoms with Crippen molar-refractivity contribution < 1.29 is 9.47 Å². The quantitative estimate of drug-likeness (QED) is 0.234. The van der Waals surface area contributed by atoms with Crippen molar-refractivity contribution in [1.29, 1.82) is 0 Å². The molecule has 0 aliphatic heterocycles. The van der Waals surface area contributed by atoms with Crippen LogP contribution in [0.1, 0.15) is 16.7 Å². The Balaban J connectivity index is 1.55. The van der Waals surface area contributed by atoms with Gasteiger partial charge in [-0.15, -0.1) is 0 Å². The van der Waals surface area contributed by atoms with Gasteiger partial charge in [0.1, 0.15) is 6.61 Å². The Morgan fingerprint density at radius 3 is 2.00 bits per heavy atom. The van der Waals surface area contributed by atoms with Gasteiger partial charge in [0.2, 0.25) is 0 Å². The lowest BCUT2D eigenvalue weighted by Crippen LogP contribution is -2.16. The zero-order valence-corrected chi connectivity index (χ0v) is 18.1. The zero-order valence-electron chi connectivity index (χ0n) is 18.1. The van der Waals surface area contributed by atoms with Gasteiger partial charge in [0.05, 0.1) is 25.6 Å². The largest absolute Gasteiger partial charge is 0.493 e. The summed E-state index contributed by atoms with van der Waals surface area (Å²) in [6.07, 6.45) is 1.85. The summed E-state index contributed by atoms with van der Waals surface area (Å²) in [6, 6.07) is 36.4. The van der Waals surface area contributed by atoms with E-state index in [1.807, 2.05) is 96.2 Å². The molecular formula is C28H26N2O2. The van der Waals surface area contributed by atoms with Gasteiger partial charge in [-0.1, -0.05) is 78.9 Å². The summed E-state index contributed by atoms with van der Waals surface area (Å²) in [5.74, 6) is 1.39. The predicted octanol–water partition coefficient (Wildman–Crippen LogP) is 6.31. The molecule has 0 fully saturated rings. The highest BCUT2D eigenvalue weighted by Crippen LogP contribution is 2.28. The molecule has 0 radical (unpaired) electrons. The molecule has 4 aromatic carbocycles. The van der Waals surface area contributed by atoms with Crippen molar-refractivity contribution in [1.82, 2.24) is 0 Å². The van der Waals surface area contributed by atoms with Crippen molar-refractivity contribution in [2.45, 2.75) is 13.2 Å². The Hall–Kier alpha value is -4.05. The molecule has 0 bridgehead atoms. The molecule has 0 saturated heterocycles. The number of rotatable bonds is 9. The van der Waals surface area contributed by atoms with Crippen LogP contribution in [0.2, 0.25) is 0 Å². The van der Waals surface area contributed by atoms with E-state index in [9.17, 15) is 0 Å². The Labute approximate surface area is 189 Å². The molecule has 160 valence electrons. The molecule has 0 saturated carbocycles. The van der Waals surface area contributed by atoms with Crippen LogP contribution >= 0.6 is 0 Å². The highest BCUT2D eigenvalue weighted by Gasteiger charge is 2.08. The van der Waals surface area contributed by atoms with Gasteiger partial charge in [-0.25, -0.2) is 0 Å². The maximum absolute atomic E-state index is 6.04. The number of ether oxygens (including phenoxy) is 2. The van der Waals surface area contributed by atoms with Crippen LogP contribution in [0.5, 0.6) is 11.5 Å². The zero-order chi connectivity index (χ0) is 22.0. The molecule has 0 aliphatic rings. The summed E-state index contributed by atoms with van der Waals surface area (Å²) in [6.45, 7) is 1.15. The molecule has 4 aromatic rings. The summed E-state index contributed by atoms with van der Waals surface area (Å²) in [5.41, 5.74) is 4.26. The molecule has 4 heteroatoms. The first kappa shape index (κ1) is 21.2. The van der Waals surface area contributed by atoms with Crippen molar-refractivity contribution in [3.8, 4) is 11.5 Å². The summed E-state index contributed by atoms with van der Waals surface area (Å²) < 4.78 is 11.5. The molecule has 0 amide bonds. The monoisotopic (exact) mass is 422 g/mol. The molecule has 0 N–H and O–H groups in total. The van der Waals surface area contributed by atoms with Crippen LogP contribution in [0.15, 0.2) is 114 Å². The summed E-state index contributed by atoms with van der Waals surface area (Å²) in [7, 11) is 1.65. The van der Waals surface area contributed by atoms with Crippen LogP contribution in [0.4, 0.5) is 5.69 Å². The highest BCUT2D eigenvalue weighted by molar-refractivity contribution is 5.81. The van der Waals surface area contributed by atoms with Crippen LogP contribution in [-0.4, -0.2) is 13.3 Å². The number of hydrogen-bond acceptors (Lipinski definition) is 4. The van der Waals surface area contributed by atoms with E-state index in [1.54, 1.807) is 7.11 Å². The average molecular weight is 423 g/mol. The van der Waals surface area contributed by atoms with Crippen molar-refractivity contribution in [3.05, 3.63) is 126 Å². The van der Waals surface area contributed by atoms with Crippen molar-refractivity contribution >= 4 is 11.9 Å². The first-order chi connectivity index (χ1) is 15.8. The summed E-state index contributed by atoms with van der Waals surface area (Å²) in [4.78, 5) is 0. The van der Waals surface area contributed by atoms with Gasteiger partial charge < -0.3 is 9.47 Å². The third-order valence-electron chi connectivity index (χ3n) is 5.00. The molecule has 0 heterocycles. The molecule has 4 rings (SSSR count). The number of para-hydroxylation sites is 1. The summed E-state index contributed by atoms with van der Waals surface area (Å²) in [5, 5.41) is 6.78. The van der Waals surface area contributed by atoms with Gasteiger partial charge in [0.25, 0.3) is 0 Å². The van der Waals surface area contributed by atoms with E-state index in [0.717, 1.165) is 16.8 Å². The fourth-order valence-corrected chi connectivity index (χ4v) is 3.31. The van der Waals surface area contributed by atoms with Gasteiger partial charge in [-0.3, -0.25) is 5.01 Å². The molecule has 0 aromatic heterocycles. The lowest BCUT2D eigenvalue weighted by atomic mass is 10.2. The molecule has 0 aliphatic carbocycles. The number of methoxy groups -OCH3 is 1. The molecule has 0 atom stereocenters. The van der Waals surface area contributed by atoms with Crippen molar-refractivity contribution in [3.63, 3.8) is 0 Å². The minimum atomic E-state index is 0.474. The maximum atomic E-state index is 6.04. The number of nitrogens with zero attached hydrogens (tertiary/aromatic N) is 2. The van der Waals surface area contributed by atoms with E-state index in [4.69, 9.17) is 14.6 Å². The van der Waals surface area contributed by atoms with Gasteiger partial charge >= 0.3 is 0 Å². The number of hydrogen-bond donors (Lipinski definition) is 0. The molecule has 32 heavy (non-hydrogen) atoms. The smallest absolute Gasteiger partial charge is 0.162 e. The Bertz CT molecular complexity index is 1130.